The summed E-state index contributed by atoms with van der Waals surface area (Å²) in [7, 11) is 1.70. The maximum absolute atomic E-state index is 12.7. The molecule has 0 aliphatic heterocycles. The van der Waals surface area contributed by atoms with Crippen molar-refractivity contribution >= 4 is 11.6 Å². The Morgan fingerprint density at radius 2 is 2.00 bits per heavy atom. The summed E-state index contributed by atoms with van der Waals surface area (Å²) >= 11 is 5.91. The van der Waals surface area contributed by atoms with Crippen molar-refractivity contribution in [3.05, 3.63) is 35.6 Å². The normalized spacial score (nSPS) is 12.7. The Morgan fingerprint density at radius 1 is 1.31 bits per heavy atom. The van der Waals surface area contributed by atoms with Crippen molar-refractivity contribution < 1.29 is 9.13 Å². The molecule has 0 aliphatic rings. The molecule has 0 aromatic heterocycles. The number of benzene rings is 1. The molecule has 0 saturated heterocycles. The van der Waals surface area contributed by atoms with Gasteiger partial charge < -0.3 is 4.74 Å². The number of ether oxygens (including phenoxy) is 1. The Kier molecular flexibility index (Phi) is 6.43. The van der Waals surface area contributed by atoms with Gasteiger partial charge in [-0.25, -0.2) is 4.39 Å². The first-order valence-electron chi connectivity index (χ1n) is 5.55. The smallest absolute Gasteiger partial charge is 0.123 e. The highest BCUT2D eigenvalue weighted by Gasteiger charge is 2.08. The Morgan fingerprint density at radius 3 is 2.56 bits per heavy atom. The van der Waals surface area contributed by atoms with Gasteiger partial charge in [-0.15, -0.1) is 11.6 Å². The highest BCUT2D eigenvalue weighted by atomic mass is 35.5. The summed E-state index contributed by atoms with van der Waals surface area (Å²) in [5.74, 6) is 0.897. The van der Waals surface area contributed by atoms with E-state index in [0.717, 1.165) is 31.4 Å². The molecule has 0 spiro atoms. The summed E-state index contributed by atoms with van der Waals surface area (Å²) in [6, 6.07) is 6.64. The van der Waals surface area contributed by atoms with Crippen LogP contribution >= 0.6 is 11.6 Å². The van der Waals surface area contributed by atoms with Gasteiger partial charge in [0.25, 0.3) is 0 Å². The molecule has 0 amide bonds. The van der Waals surface area contributed by atoms with Gasteiger partial charge in [0, 0.05) is 19.6 Å². The van der Waals surface area contributed by atoms with Crippen LogP contribution in [0.25, 0.3) is 0 Å². The zero-order valence-corrected chi connectivity index (χ0v) is 10.3. The summed E-state index contributed by atoms with van der Waals surface area (Å²) in [5, 5.41) is 0. The molecule has 1 unspecified atom stereocenters. The summed E-state index contributed by atoms with van der Waals surface area (Å²) in [4.78, 5) is 0. The second-order valence-corrected chi connectivity index (χ2v) is 4.29. The van der Waals surface area contributed by atoms with Crippen LogP contribution in [-0.2, 0) is 11.2 Å². The molecule has 0 saturated carbocycles. The van der Waals surface area contributed by atoms with Gasteiger partial charge in [-0.2, -0.15) is 0 Å². The zero-order chi connectivity index (χ0) is 11.8. The minimum absolute atomic E-state index is 0.189. The van der Waals surface area contributed by atoms with Crippen LogP contribution in [0.2, 0.25) is 0 Å². The van der Waals surface area contributed by atoms with Gasteiger partial charge in [-0.3, -0.25) is 0 Å². The largest absolute Gasteiger partial charge is 0.385 e. The first-order chi connectivity index (χ1) is 7.76. The van der Waals surface area contributed by atoms with Crippen molar-refractivity contribution in [1.82, 2.24) is 0 Å². The van der Waals surface area contributed by atoms with Crippen LogP contribution in [0.15, 0.2) is 24.3 Å². The molecule has 0 N–H and O–H groups in total. The number of rotatable bonds is 7. The molecule has 0 radical (unpaired) electrons. The number of halogens is 2. The van der Waals surface area contributed by atoms with Gasteiger partial charge in [0.2, 0.25) is 0 Å². The summed E-state index contributed by atoms with van der Waals surface area (Å²) in [5.41, 5.74) is 1.14. The maximum Gasteiger partial charge on any atom is 0.123 e. The summed E-state index contributed by atoms with van der Waals surface area (Å²) < 4.78 is 17.7. The van der Waals surface area contributed by atoms with Gasteiger partial charge in [0.1, 0.15) is 5.82 Å². The lowest BCUT2D eigenvalue weighted by Gasteiger charge is -2.13. The standard InChI is InChI=1S/C13H18ClFO/c1-16-8-2-3-12(10-14)9-11-4-6-13(15)7-5-11/h4-7,12H,2-3,8-10H2,1H3. The molecule has 90 valence electrons. The third-order valence-electron chi connectivity index (χ3n) is 2.62. The Labute approximate surface area is 102 Å². The van der Waals surface area contributed by atoms with E-state index in [2.05, 4.69) is 0 Å². The molecular weight excluding hydrogens is 227 g/mol. The highest BCUT2D eigenvalue weighted by molar-refractivity contribution is 6.18. The van der Waals surface area contributed by atoms with Gasteiger partial charge in [-0.1, -0.05) is 12.1 Å². The average molecular weight is 245 g/mol. The number of hydrogen-bond donors (Lipinski definition) is 0. The minimum Gasteiger partial charge on any atom is -0.385 e. The second kappa shape index (κ2) is 7.64. The van der Waals surface area contributed by atoms with Crippen LogP contribution in [-0.4, -0.2) is 19.6 Å². The van der Waals surface area contributed by atoms with E-state index in [-0.39, 0.29) is 5.82 Å². The van der Waals surface area contributed by atoms with E-state index in [1.165, 1.54) is 12.1 Å². The molecule has 1 aromatic rings. The van der Waals surface area contributed by atoms with Crippen LogP contribution in [0.5, 0.6) is 0 Å². The lowest BCUT2D eigenvalue weighted by atomic mass is 9.96. The first-order valence-corrected chi connectivity index (χ1v) is 6.09. The summed E-state index contributed by atoms with van der Waals surface area (Å²) in [6.45, 7) is 0.775. The lowest BCUT2D eigenvalue weighted by Crippen LogP contribution is -2.08. The molecule has 16 heavy (non-hydrogen) atoms. The minimum atomic E-state index is -0.189. The van der Waals surface area contributed by atoms with Crippen LogP contribution in [0.1, 0.15) is 18.4 Å². The molecule has 1 atom stereocenters. The van der Waals surface area contributed by atoms with E-state index < -0.39 is 0 Å². The fourth-order valence-electron chi connectivity index (χ4n) is 1.70. The predicted octanol–water partition coefficient (Wildman–Crippen LogP) is 3.65. The monoisotopic (exact) mass is 244 g/mol. The van der Waals surface area contributed by atoms with Gasteiger partial charge in [-0.05, 0) is 42.9 Å². The third kappa shape index (κ3) is 4.95. The van der Waals surface area contributed by atoms with Crippen LogP contribution in [0, 0.1) is 11.7 Å². The van der Waals surface area contributed by atoms with Crippen molar-refractivity contribution in [2.75, 3.05) is 19.6 Å². The van der Waals surface area contributed by atoms with Crippen LogP contribution in [0.4, 0.5) is 4.39 Å². The van der Waals surface area contributed by atoms with E-state index in [1.807, 2.05) is 12.1 Å². The van der Waals surface area contributed by atoms with Gasteiger partial charge >= 0.3 is 0 Å². The molecule has 1 rings (SSSR count). The average Bonchev–Trinajstić information content (AvgIpc) is 2.31. The van der Waals surface area contributed by atoms with E-state index in [1.54, 1.807) is 7.11 Å². The second-order valence-electron chi connectivity index (χ2n) is 3.99. The fourth-order valence-corrected chi connectivity index (χ4v) is 1.97. The molecule has 0 aliphatic carbocycles. The lowest BCUT2D eigenvalue weighted by molar-refractivity contribution is 0.188. The van der Waals surface area contributed by atoms with Crippen molar-refractivity contribution in [3.8, 4) is 0 Å². The molecule has 3 heteroatoms. The fraction of sp³-hybridized carbons (Fsp3) is 0.538. The predicted molar refractivity (Wildman–Crippen MR) is 65.4 cm³/mol. The molecule has 0 heterocycles. The number of methoxy groups -OCH3 is 1. The van der Waals surface area contributed by atoms with E-state index in [4.69, 9.17) is 16.3 Å². The van der Waals surface area contributed by atoms with E-state index >= 15 is 0 Å². The molecule has 0 bridgehead atoms. The first kappa shape index (κ1) is 13.5. The molecular formula is C13H18ClFO. The summed E-state index contributed by atoms with van der Waals surface area (Å²) in [6.07, 6.45) is 2.98. The van der Waals surface area contributed by atoms with Gasteiger partial charge in [0.15, 0.2) is 0 Å². The quantitative estimate of drug-likeness (QED) is 0.526. The molecule has 0 fully saturated rings. The number of alkyl halides is 1. The Balaban J connectivity index is 2.40. The zero-order valence-electron chi connectivity index (χ0n) is 9.59. The van der Waals surface area contributed by atoms with Crippen molar-refractivity contribution in [2.45, 2.75) is 19.3 Å². The van der Waals surface area contributed by atoms with E-state index in [9.17, 15) is 4.39 Å². The highest BCUT2D eigenvalue weighted by Crippen LogP contribution is 2.16. The Hall–Kier alpha value is -0.600. The SMILES string of the molecule is COCCCC(CCl)Cc1ccc(F)cc1. The molecule has 1 nitrogen and oxygen atoms in total. The van der Waals surface area contributed by atoms with E-state index in [0.29, 0.717) is 11.8 Å². The van der Waals surface area contributed by atoms with Crippen molar-refractivity contribution in [1.29, 1.82) is 0 Å². The van der Waals surface area contributed by atoms with Crippen molar-refractivity contribution in [3.63, 3.8) is 0 Å². The van der Waals surface area contributed by atoms with Crippen LogP contribution in [0.3, 0.4) is 0 Å². The van der Waals surface area contributed by atoms with Crippen LogP contribution < -0.4 is 0 Å². The maximum atomic E-state index is 12.7. The Bertz CT molecular complexity index is 286. The topological polar surface area (TPSA) is 9.23 Å². The van der Waals surface area contributed by atoms with Crippen molar-refractivity contribution in [2.24, 2.45) is 5.92 Å². The molecule has 1 aromatic carbocycles. The van der Waals surface area contributed by atoms with Gasteiger partial charge in [0.05, 0.1) is 0 Å². The third-order valence-corrected chi connectivity index (χ3v) is 3.05. The number of hydrogen-bond acceptors (Lipinski definition) is 1.